The van der Waals surface area contributed by atoms with E-state index in [2.05, 4.69) is 0 Å². The van der Waals surface area contributed by atoms with Crippen LogP contribution in [0.1, 0.15) is 19.3 Å². The first kappa shape index (κ1) is 20.5. The topological polar surface area (TPSA) is 114 Å². The Labute approximate surface area is 158 Å². The van der Waals surface area contributed by atoms with Gasteiger partial charge >= 0.3 is 0 Å². The van der Waals surface area contributed by atoms with Crippen molar-refractivity contribution in [1.82, 2.24) is 15.2 Å². The Morgan fingerprint density at radius 1 is 1.04 bits per heavy atom. The number of ether oxygens (including phenoxy) is 2. The fraction of sp³-hybridized carbons (Fsp3) is 0.500. The van der Waals surface area contributed by atoms with Crippen LogP contribution < -0.4 is 20.7 Å². The van der Waals surface area contributed by atoms with Crippen LogP contribution in [0.4, 0.5) is 0 Å². The molecule has 1 saturated heterocycles. The molecule has 27 heavy (non-hydrogen) atoms. The number of nitrogens with two attached hydrogens (primary N) is 1. The lowest BCUT2D eigenvalue weighted by atomic mass is 10.2. The molecule has 3 amide bonds. The molecule has 0 unspecified atom stereocenters. The summed E-state index contributed by atoms with van der Waals surface area (Å²) in [7, 11) is 1.57. The molecule has 0 saturated carbocycles. The second kappa shape index (κ2) is 10.4. The van der Waals surface area contributed by atoms with Gasteiger partial charge in [-0.05, 0) is 18.6 Å². The molecule has 1 aliphatic rings. The van der Waals surface area contributed by atoms with Gasteiger partial charge in [-0.2, -0.15) is 0 Å². The zero-order valence-electron chi connectivity index (χ0n) is 15.5. The van der Waals surface area contributed by atoms with E-state index in [9.17, 15) is 14.4 Å². The van der Waals surface area contributed by atoms with Crippen LogP contribution in [0.15, 0.2) is 24.3 Å². The largest absolute Gasteiger partial charge is 0.497 e. The summed E-state index contributed by atoms with van der Waals surface area (Å²) in [6.45, 7) is 1.83. The highest BCUT2D eigenvalue weighted by Gasteiger charge is 2.24. The minimum absolute atomic E-state index is 0.0143. The Bertz CT molecular complexity index is 659. The van der Waals surface area contributed by atoms with Crippen LogP contribution in [0.3, 0.4) is 0 Å². The van der Waals surface area contributed by atoms with Crippen molar-refractivity contribution in [2.75, 3.05) is 39.9 Å². The van der Waals surface area contributed by atoms with E-state index < -0.39 is 0 Å². The number of amides is 3. The summed E-state index contributed by atoms with van der Waals surface area (Å²) in [4.78, 5) is 38.9. The molecule has 148 valence electrons. The smallest absolute Gasteiger partial charge is 0.260 e. The standard InChI is InChI=1S/C18H26N4O5/c1-26-14-4-2-5-15(12-14)27-13-18(25)22-10-8-21(9-11-22)17(24)7-3-6-16(23)20-19/h2,4-5,12H,3,6-11,13,19H2,1H3,(H,20,23). The fourth-order valence-corrected chi connectivity index (χ4v) is 2.76. The highest BCUT2D eigenvalue weighted by atomic mass is 16.5. The number of methoxy groups -OCH3 is 1. The third-order valence-electron chi connectivity index (χ3n) is 4.34. The molecule has 0 bridgehead atoms. The van der Waals surface area contributed by atoms with Crippen molar-refractivity contribution in [2.24, 2.45) is 5.84 Å². The third-order valence-corrected chi connectivity index (χ3v) is 4.34. The number of nitrogens with one attached hydrogen (secondary N) is 1. The van der Waals surface area contributed by atoms with Gasteiger partial charge in [-0.3, -0.25) is 19.8 Å². The van der Waals surface area contributed by atoms with E-state index in [0.29, 0.717) is 50.5 Å². The zero-order chi connectivity index (χ0) is 19.6. The average Bonchev–Trinajstić information content (AvgIpc) is 2.72. The number of hydrogen-bond acceptors (Lipinski definition) is 6. The highest BCUT2D eigenvalue weighted by molar-refractivity contribution is 5.80. The van der Waals surface area contributed by atoms with Gasteiger partial charge in [0.2, 0.25) is 11.8 Å². The maximum absolute atomic E-state index is 12.3. The van der Waals surface area contributed by atoms with Crippen LogP contribution in [0.25, 0.3) is 0 Å². The van der Waals surface area contributed by atoms with E-state index >= 15 is 0 Å². The zero-order valence-corrected chi connectivity index (χ0v) is 15.5. The van der Waals surface area contributed by atoms with E-state index in [0.717, 1.165) is 0 Å². The Balaban J connectivity index is 1.70. The Hall–Kier alpha value is -2.81. The molecular formula is C18H26N4O5. The molecule has 0 atom stereocenters. The average molecular weight is 378 g/mol. The first-order valence-electron chi connectivity index (χ1n) is 8.85. The molecule has 1 aromatic rings. The molecule has 0 aromatic heterocycles. The molecule has 1 aliphatic heterocycles. The molecule has 9 nitrogen and oxygen atoms in total. The number of hydrazine groups is 1. The number of benzene rings is 1. The van der Waals surface area contributed by atoms with Gasteiger partial charge in [0.05, 0.1) is 7.11 Å². The minimum atomic E-state index is -0.283. The molecular weight excluding hydrogens is 352 g/mol. The lowest BCUT2D eigenvalue weighted by Gasteiger charge is -2.34. The summed E-state index contributed by atoms with van der Waals surface area (Å²) in [6, 6.07) is 7.07. The molecule has 0 spiro atoms. The van der Waals surface area contributed by atoms with E-state index in [1.54, 1.807) is 41.2 Å². The van der Waals surface area contributed by atoms with E-state index in [1.807, 2.05) is 5.43 Å². The van der Waals surface area contributed by atoms with E-state index in [-0.39, 0.29) is 30.7 Å². The maximum atomic E-state index is 12.3. The molecule has 1 aromatic carbocycles. The number of carbonyl (C=O) groups excluding carboxylic acids is 3. The Morgan fingerprint density at radius 2 is 1.67 bits per heavy atom. The quantitative estimate of drug-likeness (QED) is 0.371. The van der Waals surface area contributed by atoms with Crippen molar-refractivity contribution in [1.29, 1.82) is 0 Å². The van der Waals surface area contributed by atoms with Gasteiger partial charge in [-0.1, -0.05) is 6.07 Å². The fourth-order valence-electron chi connectivity index (χ4n) is 2.76. The molecule has 1 heterocycles. The van der Waals surface area contributed by atoms with Crippen LogP contribution in [0, 0.1) is 0 Å². The predicted octanol–water partition coefficient (Wildman–Crippen LogP) is -0.0950. The maximum Gasteiger partial charge on any atom is 0.260 e. The second-order valence-electron chi connectivity index (χ2n) is 6.15. The first-order chi connectivity index (χ1) is 13.0. The van der Waals surface area contributed by atoms with Crippen molar-refractivity contribution in [3.8, 4) is 11.5 Å². The summed E-state index contributed by atoms with van der Waals surface area (Å²) in [5.74, 6) is 5.82. The van der Waals surface area contributed by atoms with Gasteiger partial charge < -0.3 is 19.3 Å². The molecule has 0 radical (unpaired) electrons. The van der Waals surface area contributed by atoms with Gasteiger partial charge in [-0.25, -0.2) is 5.84 Å². The number of hydrogen-bond donors (Lipinski definition) is 2. The van der Waals surface area contributed by atoms with Crippen molar-refractivity contribution in [3.05, 3.63) is 24.3 Å². The highest BCUT2D eigenvalue weighted by Crippen LogP contribution is 2.19. The van der Waals surface area contributed by atoms with Gasteiger partial charge in [-0.15, -0.1) is 0 Å². The monoisotopic (exact) mass is 378 g/mol. The van der Waals surface area contributed by atoms with Gasteiger partial charge in [0.1, 0.15) is 11.5 Å². The number of rotatable bonds is 8. The summed E-state index contributed by atoms with van der Waals surface area (Å²) in [5.41, 5.74) is 2.04. The Kier molecular flexibility index (Phi) is 7.87. The first-order valence-corrected chi connectivity index (χ1v) is 8.85. The SMILES string of the molecule is COc1cccc(OCC(=O)N2CCN(C(=O)CCCC(=O)NN)CC2)c1. The van der Waals surface area contributed by atoms with E-state index in [4.69, 9.17) is 15.3 Å². The van der Waals surface area contributed by atoms with E-state index in [1.165, 1.54) is 0 Å². The van der Waals surface area contributed by atoms with Crippen LogP contribution in [-0.2, 0) is 14.4 Å². The minimum Gasteiger partial charge on any atom is -0.497 e. The van der Waals surface area contributed by atoms with Crippen molar-refractivity contribution >= 4 is 17.7 Å². The second-order valence-corrected chi connectivity index (χ2v) is 6.15. The van der Waals surface area contributed by atoms with Gasteiger partial charge in [0, 0.05) is 45.1 Å². The number of carbonyl (C=O) groups is 3. The van der Waals surface area contributed by atoms with Crippen LogP contribution >= 0.6 is 0 Å². The molecule has 0 aliphatic carbocycles. The van der Waals surface area contributed by atoms with Crippen LogP contribution in [-0.4, -0.2) is 67.4 Å². The predicted molar refractivity (Wildman–Crippen MR) is 97.8 cm³/mol. The summed E-state index contributed by atoms with van der Waals surface area (Å²) in [6.07, 6.45) is 0.970. The lowest BCUT2D eigenvalue weighted by Crippen LogP contribution is -2.51. The van der Waals surface area contributed by atoms with Crippen molar-refractivity contribution in [3.63, 3.8) is 0 Å². The lowest BCUT2D eigenvalue weighted by molar-refractivity contribution is -0.140. The summed E-state index contributed by atoms with van der Waals surface area (Å²) in [5, 5.41) is 0. The number of piperazine rings is 1. The summed E-state index contributed by atoms with van der Waals surface area (Å²) >= 11 is 0. The third kappa shape index (κ3) is 6.45. The molecule has 1 fully saturated rings. The Morgan fingerprint density at radius 3 is 2.30 bits per heavy atom. The van der Waals surface area contributed by atoms with Gasteiger partial charge in [0.15, 0.2) is 6.61 Å². The molecule has 2 rings (SSSR count). The van der Waals surface area contributed by atoms with Crippen molar-refractivity contribution in [2.45, 2.75) is 19.3 Å². The normalized spacial score (nSPS) is 13.9. The molecule has 9 heteroatoms. The van der Waals surface area contributed by atoms with Crippen molar-refractivity contribution < 1.29 is 23.9 Å². The van der Waals surface area contributed by atoms with Crippen LogP contribution in [0.2, 0.25) is 0 Å². The summed E-state index contributed by atoms with van der Waals surface area (Å²) < 4.78 is 10.6. The molecule has 3 N–H and O–H groups in total. The van der Waals surface area contributed by atoms with Gasteiger partial charge in [0.25, 0.3) is 5.91 Å². The van der Waals surface area contributed by atoms with Crippen LogP contribution in [0.5, 0.6) is 11.5 Å². The number of nitrogens with zero attached hydrogens (tertiary/aromatic N) is 2.